The predicted octanol–water partition coefficient (Wildman–Crippen LogP) is 2.29. The number of hydrogen-bond acceptors (Lipinski definition) is 4. The van der Waals surface area contributed by atoms with Crippen molar-refractivity contribution in [1.29, 1.82) is 0 Å². The molecule has 1 aromatic carbocycles. The number of methoxy groups -OCH3 is 1. The summed E-state index contributed by atoms with van der Waals surface area (Å²) in [7, 11) is 3.23. The summed E-state index contributed by atoms with van der Waals surface area (Å²) in [6.45, 7) is 1.73. The third-order valence-electron chi connectivity index (χ3n) is 4.41. The number of benzene rings is 1. The third kappa shape index (κ3) is 2.98. The average Bonchev–Trinajstić information content (AvgIpc) is 2.95. The van der Waals surface area contributed by atoms with Crippen LogP contribution in [0.4, 0.5) is 4.39 Å². The summed E-state index contributed by atoms with van der Waals surface area (Å²) in [6.07, 6.45) is 3.38. The maximum Gasteiger partial charge on any atom is 0.257 e. The first-order valence-electron chi connectivity index (χ1n) is 7.81. The molecule has 1 atom stereocenters. The van der Waals surface area contributed by atoms with E-state index in [1.165, 1.54) is 13.2 Å². The molecule has 0 aliphatic rings. The number of hydrogen-bond donors (Lipinski definition) is 1. The van der Waals surface area contributed by atoms with Gasteiger partial charge in [-0.3, -0.25) is 9.78 Å². The van der Waals surface area contributed by atoms with Crippen molar-refractivity contribution in [2.24, 2.45) is 7.05 Å². The summed E-state index contributed by atoms with van der Waals surface area (Å²) in [5.74, 6) is -0.260. The zero-order valence-corrected chi connectivity index (χ0v) is 14.3. The van der Waals surface area contributed by atoms with E-state index in [0.29, 0.717) is 5.82 Å². The van der Waals surface area contributed by atoms with Crippen LogP contribution in [0.5, 0.6) is 0 Å². The number of rotatable bonds is 5. The van der Waals surface area contributed by atoms with Crippen molar-refractivity contribution >= 4 is 16.9 Å². The van der Waals surface area contributed by atoms with Crippen LogP contribution in [0.15, 0.2) is 42.7 Å². The monoisotopic (exact) mass is 342 g/mol. The molecule has 0 radical (unpaired) electrons. The van der Waals surface area contributed by atoms with Crippen LogP contribution in [-0.4, -0.2) is 27.6 Å². The van der Waals surface area contributed by atoms with Crippen molar-refractivity contribution in [3.05, 3.63) is 59.9 Å². The molecule has 0 bridgehead atoms. The molecular weight excluding hydrogens is 323 g/mol. The highest BCUT2D eigenvalue weighted by atomic mass is 19.1. The Kier molecular flexibility index (Phi) is 4.50. The van der Waals surface area contributed by atoms with Crippen molar-refractivity contribution in [3.63, 3.8) is 0 Å². The van der Waals surface area contributed by atoms with Crippen molar-refractivity contribution in [1.82, 2.24) is 19.9 Å². The van der Waals surface area contributed by atoms with Gasteiger partial charge >= 0.3 is 0 Å². The molecule has 0 saturated heterocycles. The molecule has 0 spiro atoms. The smallest absolute Gasteiger partial charge is 0.257 e. The number of imidazole rings is 1. The Morgan fingerprint density at radius 2 is 2.12 bits per heavy atom. The zero-order valence-electron chi connectivity index (χ0n) is 14.3. The molecule has 7 heteroatoms. The van der Waals surface area contributed by atoms with E-state index in [-0.39, 0.29) is 12.1 Å². The van der Waals surface area contributed by atoms with Crippen molar-refractivity contribution in [2.45, 2.75) is 19.1 Å². The molecule has 25 heavy (non-hydrogen) atoms. The van der Waals surface area contributed by atoms with Gasteiger partial charge in [-0.1, -0.05) is 18.2 Å². The Bertz CT molecular complexity index is 924. The van der Waals surface area contributed by atoms with Crippen LogP contribution in [0, 0.1) is 5.82 Å². The van der Waals surface area contributed by atoms with Crippen LogP contribution >= 0.6 is 0 Å². The highest BCUT2D eigenvalue weighted by molar-refractivity contribution is 5.86. The normalized spacial score (nSPS) is 13.6. The molecule has 1 N–H and O–H groups in total. The highest BCUT2D eigenvalue weighted by Gasteiger charge is 2.37. The SMILES string of the molecule is CO[C@](C)(C(=O)NCc1nc2ccncc2n1C)c1ccccc1F. The van der Waals surface area contributed by atoms with E-state index in [2.05, 4.69) is 15.3 Å². The second-order valence-electron chi connectivity index (χ2n) is 5.85. The minimum atomic E-state index is -1.43. The van der Waals surface area contributed by atoms with Crippen LogP contribution in [0.25, 0.3) is 11.0 Å². The number of ether oxygens (including phenoxy) is 1. The summed E-state index contributed by atoms with van der Waals surface area (Å²) >= 11 is 0. The first kappa shape index (κ1) is 17.0. The Morgan fingerprint density at radius 1 is 1.36 bits per heavy atom. The molecule has 0 aliphatic heterocycles. The molecule has 0 unspecified atom stereocenters. The first-order valence-corrected chi connectivity index (χ1v) is 7.81. The van der Waals surface area contributed by atoms with Gasteiger partial charge < -0.3 is 14.6 Å². The predicted molar refractivity (Wildman–Crippen MR) is 91.1 cm³/mol. The minimum Gasteiger partial charge on any atom is -0.364 e. The van der Waals surface area contributed by atoms with Gasteiger partial charge in [-0.05, 0) is 19.1 Å². The van der Waals surface area contributed by atoms with Gasteiger partial charge in [0.2, 0.25) is 0 Å². The number of aromatic nitrogens is 3. The summed E-state index contributed by atoms with van der Waals surface area (Å²) < 4.78 is 21.3. The van der Waals surface area contributed by atoms with Crippen LogP contribution in [0.1, 0.15) is 18.3 Å². The summed E-state index contributed by atoms with van der Waals surface area (Å²) in [4.78, 5) is 21.2. The van der Waals surface area contributed by atoms with E-state index in [0.717, 1.165) is 11.0 Å². The van der Waals surface area contributed by atoms with E-state index >= 15 is 0 Å². The molecule has 3 aromatic rings. The molecule has 2 aromatic heterocycles. The lowest BCUT2D eigenvalue weighted by Crippen LogP contribution is -2.44. The summed E-state index contributed by atoms with van der Waals surface area (Å²) in [5.41, 5.74) is 0.419. The summed E-state index contributed by atoms with van der Waals surface area (Å²) in [5, 5.41) is 2.78. The first-order chi connectivity index (χ1) is 12.0. The quantitative estimate of drug-likeness (QED) is 0.772. The average molecular weight is 342 g/mol. The van der Waals surface area contributed by atoms with Crippen LogP contribution in [0.3, 0.4) is 0 Å². The standard InChI is InChI=1S/C18H19FN4O2/c1-18(25-3,12-6-4-5-7-13(12)19)17(24)21-11-16-22-14-8-9-20-10-15(14)23(16)2/h4-10H,11H2,1-3H3,(H,21,24)/t18-/m0/s1. The van der Waals surface area contributed by atoms with Crippen molar-refractivity contribution in [2.75, 3.05) is 7.11 Å². The number of carbonyl (C=O) groups is 1. The number of pyridine rings is 1. The number of nitrogens with zero attached hydrogens (tertiary/aromatic N) is 3. The van der Waals surface area contributed by atoms with Crippen molar-refractivity contribution in [3.8, 4) is 0 Å². The van der Waals surface area contributed by atoms with E-state index in [1.807, 2.05) is 11.6 Å². The molecule has 0 saturated carbocycles. The molecule has 130 valence electrons. The van der Waals surface area contributed by atoms with Gasteiger partial charge in [-0.2, -0.15) is 0 Å². The van der Waals surface area contributed by atoms with Crippen LogP contribution in [-0.2, 0) is 28.7 Å². The molecule has 1 amide bonds. The fraction of sp³-hybridized carbons (Fsp3) is 0.278. The number of aryl methyl sites for hydroxylation is 1. The topological polar surface area (TPSA) is 69.0 Å². The Labute approximate surface area is 144 Å². The minimum absolute atomic E-state index is 0.184. The zero-order chi connectivity index (χ0) is 18.0. The Balaban J connectivity index is 1.83. The number of fused-ring (bicyclic) bond motifs is 1. The lowest BCUT2D eigenvalue weighted by atomic mass is 9.94. The van der Waals surface area contributed by atoms with Crippen LogP contribution < -0.4 is 5.32 Å². The molecule has 6 nitrogen and oxygen atoms in total. The van der Waals surface area contributed by atoms with Gasteiger partial charge in [0.1, 0.15) is 11.6 Å². The largest absolute Gasteiger partial charge is 0.364 e. The number of nitrogens with one attached hydrogen (secondary N) is 1. The van der Waals surface area contributed by atoms with Gasteiger partial charge in [-0.15, -0.1) is 0 Å². The number of amides is 1. The van der Waals surface area contributed by atoms with Gasteiger partial charge in [0.25, 0.3) is 5.91 Å². The fourth-order valence-electron chi connectivity index (χ4n) is 2.74. The van der Waals surface area contributed by atoms with E-state index < -0.39 is 17.3 Å². The molecule has 2 heterocycles. The lowest BCUT2D eigenvalue weighted by molar-refractivity contribution is -0.143. The van der Waals surface area contributed by atoms with E-state index in [1.54, 1.807) is 43.6 Å². The second-order valence-corrected chi connectivity index (χ2v) is 5.85. The van der Waals surface area contributed by atoms with Gasteiger partial charge in [-0.25, -0.2) is 9.37 Å². The number of halogens is 1. The highest BCUT2D eigenvalue weighted by Crippen LogP contribution is 2.27. The van der Waals surface area contributed by atoms with Gasteiger partial charge in [0.15, 0.2) is 5.60 Å². The molecule has 3 rings (SSSR count). The molecular formula is C18H19FN4O2. The Hall–Kier alpha value is -2.80. The molecule has 0 aliphatic carbocycles. The van der Waals surface area contributed by atoms with E-state index in [9.17, 15) is 9.18 Å². The molecule has 0 fully saturated rings. The third-order valence-corrected chi connectivity index (χ3v) is 4.41. The van der Waals surface area contributed by atoms with Gasteiger partial charge in [0.05, 0.1) is 23.8 Å². The maximum atomic E-state index is 14.1. The Morgan fingerprint density at radius 3 is 2.80 bits per heavy atom. The van der Waals surface area contributed by atoms with Crippen molar-refractivity contribution < 1.29 is 13.9 Å². The van der Waals surface area contributed by atoms with Crippen LogP contribution in [0.2, 0.25) is 0 Å². The number of carbonyl (C=O) groups excluding carboxylic acids is 1. The van der Waals surface area contributed by atoms with Gasteiger partial charge in [0, 0.05) is 25.9 Å². The lowest BCUT2D eigenvalue weighted by Gasteiger charge is -2.27. The maximum absolute atomic E-state index is 14.1. The fourth-order valence-corrected chi connectivity index (χ4v) is 2.74. The summed E-state index contributed by atoms with van der Waals surface area (Å²) in [6, 6.07) is 7.89. The van der Waals surface area contributed by atoms with E-state index in [4.69, 9.17) is 4.74 Å². The second kappa shape index (κ2) is 6.60.